The van der Waals surface area contributed by atoms with Crippen molar-refractivity contribution in [1.29, 1.82) is 0 Å². The molecule has 0 aromatic heterocycles. The van der Waals surface area contributed by atoms with Gasteiger partial charge in [0.25, 0.3) is 5.91 Å². The first-order valence-electron chi connectivity index (χ1n) is 10.6. The molecule has 0 unspecified atom stereocenters. The van der Waals surface area contributed by atoms with Crippen molar-refractivity contribution in [1.82, 2.24) is 10.2 Å². The summed E-state index contributed by atoms with van der Waals surface area (Å²) in [5.74, 6) is -0.664. The van der Waals surface area contributed by atoms with Crippen LogP contribution in [0.25, 0.3) is 0 Å². The van der Waals surface area contributed by atoms with Gasteiger partial charge in [-0.3, -0.25) is 9.69 Å². The number of carbonyl (C=O) groups is 1. The second-order valence-electron chi connectivity index (χ2n) is 8.21. The SMILES string of the molecule is CN(C)c1ccc([C@H](CNC(=O)c2cccc(F)c2)N2CCc3ccccc3C2)cc1. The average Bonchev–Trinajstić information content (AvgIpc) is 2.79. The number of nitrogens with zero attached hydrogens (tertiary/aromatic N) is 2. The van der Waals surface area contributed by atoms with Crippen LogP contribution in [0.5, 0.6) is 0 Å². The van der Waals surface area contributed by atoms with Crippen molar-refractivity contribution in [2.45, 2.75) is 19.0 Å². The van der Waals surface area contributed by atoms with E-state index in [1.165, 1.54) is 23.3 Å². The van der Waals surface area contributed by atoms with Crippen molar-refractivity contribution in [2.75, 3.05) is 32.1 Å². The van der Waals surface area contributed by atoms with Gasteiger partial charge in [-0.25, -0.2) is 4.39 Å². The lowest BCUT2D eigenvalue weighted by Gasteiger charge is -2.36. The summed E-state index contributed by atoms with van der Waals surface area (Å²) >= 11 is 0. The molecule has 0 bridgehead atoms. The van der Waals surface area contributed by atoms with Crippen molar-refractivity contribution in [3.8, 4) is 0 Å². The first kappa shape index (κ1) is 21.1. The lowest BCUT2D eigenvalue weighted by molar-refractivity contribution is 0.0927. The van der Waals surface area contributed by atoms with Crippen molar-refractivity contribution in [3.05, 3.63) is 101 Å². The zero-order valence-corrected chi connectivity index (χ0v) is 18.0. The smallest absolute Gasteiger partial charge is 0.251 e. The lowest BCUT2D eigenvalue weighted by atomic mass is 9.96. The van der Waals surface area contributed by atoms with Crippen molar-refractivity contribution in [3.63, 3.8) is 0 Å². The number of hydrogen-bond acceptors (Lipinski definition) is 3. The van der Waals surface area contributed by atoms with Crippen molar-refractivity contribution >= 4 is 11.6 Å². The fourth-order valence-corrected chi connectivity index (χ4v) is 4.16. The Balaban J connectivity index is 1.56. The highest BCUT2D eigenvalue weighted by atomic mass is 19.1. The van der Waals surface area contributed by atoms with E-state index in [0.29, 0.717) is 12.1 Å². The Bertz CT molecular complexity index is 1050. The summed E-state index contributed by atoms with van der Waals surface area (Å²) in [5.41, 5.74) is 5.36. The summed E-state index contributed by atoms with van der Waals surface area (Å²) in [7, 11) is 4.04. The van der Waals surface area contributed by atoms with E-state index in [2.05, 4.69) is 63.6 Å². The molecule has 0 spiro atoms. The molecule has 0 fully saturated rings. The fraction of sp³-hybridized carbons (Fsp3) is 0.269. The Morgan fingerprint density at radius 2 is 1.77 bits per heavy atom. The van der Waals surface area contributed by atoms with E-state index >= 15 is 0 Å². The minimum absolute atomic E-state index is 0.0297. The van der Waals surface area contributed by atoms with Crippen LogP contribution in [-0.4, -0.2) is 38.0 Å². The topological polar surface area (TPSA) is 35.6 Å². The summed E-state index contributed by atoms with van der Waals surface area (Å²) < 4.78 is 13.5. The number of rotatable bonds is 6. The Morgan fingerprint density at radius 1 is 1.03 bits per heavy atom. The molecule has 4 rings (SSSR count). The Hall–Kier alpha value is -3.18. The van der Waals surface area contributed by atoms with Crippen LogP contribution >= 0.6 is 0 Å². The number of anilines is 1. The molecule has 3 aromatic rings. The second kappa shape index (κ2) is 9.31. The fourth-order valence-electron chi connectivity index (χ4n) is 4.16. The van der Waals surface area contributed by atoms with E-state index in [0.717, 1.165) is 30.8 Å². The highest BCUT2D eigenvalue weighted by molar-refractivity contribution is 5.94. The number of halogens is 1. The lowest BCUT2D eigenvalue weighted by Crippen LogP contribution is -2.40. The molecule has 1 heterocycles. The molecule has 0 saturated carbocycles. The molecule has 0 radical (unpaired) electrons. The third-order valence-corrected chi connectivity index (χ3v) is 5.94. The van der Waals surface area contributed by atoms with Gasteiger partial charge in [0.15, 0.2) is 0 Å². The molecule has 1 N–H and O–H groups in total. The Morgan fingerprint density at radius 3 is 2.48 bits per heavy atom. The van der Waals surface area contributed by atoms with Crippen LogP contribution in [0.1, 0.15) is 33.1 Å². The molecule has 3 aromatic carbocycles. The summed E-state index contributed by atoms with van der Waals surface area (Å²) in [6, 6.07) is 22.9. The number of benzene rings is 3. The Labute approximate surface area is 183 Å². The van der Waals surface area contributed by atoms with Gasteiger partial charge in [-0.1, -0.05) is 42.5 Å². The van der Waals surface area contributed by atoms with Gasteiger partial charge >= 0.3 is 0 Å². The molecule has 160 valence electrons. The zero-order chi connectivity index (χ0) is 21.8. The molecule has 0 saturated heterocycles. The molecule has 1 aliphatic heterocycles. The van der Waals surface area contributed by atoms with E-state index in [1.54, 1.807) is 12.1 Å². The third-order valence-electron chi connectivity index (χ3n) is 5.94. The molecule has 31 heavy (non-hydrogen) atoms. The number of hydrogen-bond donors (Lipinski definition) is 1. The highest BCUT2D eigenvalue weighted by Gasteiger charge is 2.25. The highest BCUT2D eigenvalue weighted by Crippen LogP contribution is 2.28. The van der Waals surface area contributed by atoms with E-state index in [1.807, 2.05) is 14.1 Å². The predicted molar refractivity (Wildman–Crippen MR) is 123 cm³/mol. The number of nitrogens with one attached hydrogen (secondary N) is 1. The minimum Gasteiger partial charge on any atom is -0.378 e. The quantitative estimate of drug-likeness (QED) is 0.645. The van der Waals surface area contributed by atoms with Gasteiger partial charge in [0.1, 0.15) is 5.82 Å². The van der Waals surface area contributed by atoms with Gasteiger partial charge in [-0.05, 0) is 53.4 Å². The van der Waals surface area contributed by atoms with E-state index in [4.69, 9.17) is 0 Å². The van der Waals surface area contributed by atoms with Gasteiger partial charge in [0.2, 0.25) is 0 Å². The van der Waals surface area contributed by atoms with E-state index < -0.39 is 5.82 Å². The number of fused-ring (bicyclic) bond motifs is 1. The molecular formula is C26H28FN3O. The van der Waals surface area contributed by atoms with Crippen LogP contribution in [0.15, 0.2) is 72.8 Å². The van der Waals surface area contributed by atoms with Gasteiger partial charge in [0.05, 0.1) is 6.04 Å². The molecule has 4 nitrogen and oxygen atoms in total. The summed E-state index contributed by atoms with van der Waals surface area (Å²) in [6.07, 6.45) is 0.986. The Kier molecular flexibility index (Phi) is 6.33. The normalized spacial score (nSPS) is 14.5. The second-order valence-corrected chi connectivity index (χ2v) is 8.21. The monoisotopic (exact) mass is 417 g/mol. The van der Waals surface area contributed by atoms with Crippen LogP contribution in [0.3, 0.4) is 0 Å². The van der Waals surface area contributed by atoms with Crippen molar-refractivity contribution < 1.29 is 9.18 Å². The minimum atomic E-state index is -0.406. The zero-order valence-electron chi connectivity index (χ0n) is 18.0. The maximum atomic E-state index is 13.5. The summed E-state index contributed by atoms with van der Waals surface area (Å²) in [6.45, 7) is 2.22. The first-order chi connectivity index (χ1) is 15.0. The number of carbonyl (C=O) groups excluding carboxylic acids is 1. The molecule has 1 amide bonds. The number of amides is 1. The summed E-state index contributed by atoms with van der Waals surface area (Å²) in [5, 5.41) is 3.03. The third kappa shape index (κ3) is 4.94. The van der Waals surface area contributed by atoms with Crippen LogP contribution in [0, 0.1) is 5.82 Å². The standard InChI is InChI=1S/C26H28FN3O/c1-29(2)24-12-10-20(11-13-24)25(17-28-26(31)21-8-5-9-23(27)16-21)30-15-14-19-6-3-4-7-22(19)18-30/h3-13,16,25H,14-15,17-18H2,1-2H3,(H,28,31)/t25-/m0/s1. The van der Waals surface area contributed by atoms with Crippen LogP contribution in [-0.2, 0) is 13.0 Å². The van der Waals surface area contributed by atoms with Crippen LogP contribution in [0.4, 0.5) is 10.1 Å². The summed E-state index contributed by atoms with van der Waals surface area (Å²) in [4.78, 5) is 17.1. The maximum Gasteiger partial charge on any atom is 0.251 e. The van der Waals surface area contributed by atoms with Crippen molar-refractivity contribution in [2.24, 2.45) is 0 Å². The van der Waals surface area contributed by atoms with Gasteiger partial charge < -0.3 is 10.2 Å². The first-order valence-corrected chi connectivity index (χ1v) is 10.6. The molecule has 5 heteroatoms. The molecule has 1 atom stereocenters. The maximum absolute atomic E-state index is 13.5. The largest absolute Gasteiger partial charge is 0.378 e. The van der Waals surface area contributed by atoms with Crippen LogP contribution in [0.2, 0.25) is 0 Å². The molecule has 0 aliphatic carbocycles. The van der Waals surface area contributed by atoms with Gasteiger partial charge in [-0.15, -0.1) is 0 Å². The average molecular weight is 418 g/mol. The van der Waals surface area contributed by atoms with Crippen LogP contribution < -0.4 is 10.2 Å². The predicted octanol–water partition coefficient (Wildman–Crippen LogP) is 4.42. The molecule has 1 aliphatic rings. The van der Waals surface area contributed by atoms with Gasteiger partial charge in [0, 0.05) is 45.0 Å². The molecular weight excluding hydrogens is 389 g/mol. The van der Waals surface area contributed by atoms with E-state index in [-0.39, 0.29) is 11.9 Å². The van der Waals surface area contributed by atoms with Gasteiger partial charge in [-0.2, -0.15) is 0 Å². The van der Waals surface area contributed by atoms with E-state index in [9.17, 15) is 9.18 Å².